The third kappa shape index (κ3) is 2.78. The van der Waals surface area contributed by atoms with Crippen molar-refractivity contribution in [2.45, 2.75) is 30.2 Å². The second-order valence-corrected chi connectivity index (χ2v) is 8.97. The van der Waals surface area contributed by atoms with Crippen LogP contribution in [0.3, 0.4) is 0 Å². The quantitative estimate of drug-likeness (QED) is 0.451. The van der Waals surface area contributed by atoms with Crippen LogP contribution in [0.4, 0.5) is 5.69 Å². The maximum Gasteiger partial charge on any atom is 0.259 e. The van der Waals surface area contributed by atoms with E-state index in [0.717, 1.165) is 35.5 Å². The molecule has 152 valence electrons. The van der Waals surface area contributed by atoms with Gasteiger partial charge in [-0.3, -0.25) is 9.59 Å². The highest BCUT2D eigenvalue weighted by atomic mass is 35.5. The minimum Gasteiger partial charge on any atom is -0.320 e. The van der Waals surface area contributed by atoms with Gasteiger partial charge in [0, 0.05) is 39.8 Å². The average molecular weight is 441 g/mol. The lowest BCUT2D eigenvalue weighted by molar-refractivity contribution is 0.0996. The lowest BCUT2D eigenvalue weighted by atomic mass is 9.63. The number of aromatic nitrogens is 3. The van der Waals surface area contributed by atoms with Crippen LogP contribution in [0.2, 0.25) is 5.02 Å². The molecule has 1 amide bonds. The number of nitrogens with zero attached hydrogens (tertiary/aromatic N) is 4. The molecule has 2 heterocycles. The van der Waals surface area contributed by atoms with E-state index in [4.69, 9.17) is 23.2 Å². The van der Waals surface area contributed by atoms with Crippen LogP contribution >= 0.6 is 23.2 Å². The first-order chi connectivity index (χ1) is 14.4. The normalized spacial score (nSPS) is 22.7. The van der Waals surface area contributed by atoms with Crippen molar-refractivity contribution in [3.63, 3.8) is 0 Å². The van der Waals surface area contributed by atoms with Gasteiger partial charge in [-0.05, 0) is 42.7 Å². The molecule has 0 radical (unpaired) electrons. The highest BCUT2D eigenvalue weighted by molar-refractivity contribution is 6.33. The summed E-state index contributed by atoms with van der Waals surface area (Å²) in [5.74, 6) is 0.704. The smallest absolute Gasteiger partial charge is 0.259 e. The molecule has 2 aromatic carbocycles. The number of aryl methyl sites for hydroxylation is 1. The number of alkyl halides is 1. The van der Waals surface area contributed by atoms with Crippen LogP contribution in [0.15, 0.2) is 42.7 Å². The van der Waals surface area contributed by atoms with Crippen molar-refractivity contribution in [1.29, 1.82) is 0 Å². The number of amides is 1. The zero-order valence-corrected chi connectivity index (χ0v) is 17.7. The number of hydrogen-bond acceptors (Lipinski definition) is 4. The predicted octanol–water partition coefficient (Wildman–Crippen LogP) is 4.13. The van der Waals surface area contributed by atoms with Gasteiger partial charge in [-0.1, -0.05) is 23.7 Å². The number of hydrogen-bond donors (Lipinski definition) is 0. The first kappa shape index (κ1) is 19.3. The van der Waals surface area contributed by atoms with Crippen LogP contribution in [-0.4, -0.2) is 32.3 Å². The zero-order chi connectivity index (χ0) is 21.0. The van der Waals surface area contributed by atoms with Gasteiger partial charge < -0.3 is 9.47 Å². The predicted molar refractivity (Wildman–Crippen MR) is 114 cm³/mol. The van der Waals surface area contributed by atoms with Crippen LogP contribution in [0.5, 0.6) is 0 Å². The molecular formula is C22H18Cl2N4O2. The molecule has 0 saturated heterocycles. The summed E-state index contributed by atoms with van der Waals surface area (Å²) in [6.45, 7) is 0.366. The number of carbonyl (C=O) groups is 2. The average Bonchev–Trinajstić information content (AvgIpc) is 3.29. The Morgan fingerprint density at radius 3 is 2.70 bits per heavy atom. The Bertz CT molecular complexity index is 1180. The molecule has 1 saturated carbocycles. The Morgan fingerprint density at radius 1 is 1.23 bits per heavy atom. The molecule has 0 spiro atoms. The third-order valence-corrected chi connectivity index (χ3v) is 6.78. The molecule has 0 atom stereocenters. The van der Waals surface area contributed by atoms with Crippen LogP contribution in [-0.2, 0) is 19.0 Å². The minimum atomic E-state index is -0.328. The van der Waals surface area contributed by atoms with Gasteiger partial charge in [0.2, 0.25) is 0 Å². The largest absolute Gasteiger partial charge is 0.320 e. The Kier molecular flexibility index (Phi) is 4.45. The van der Waals surface area contributed by atoms with Gasteiger partial charge in [-0.2, -0.15) is 0 Å². The lowest BCUT2D eigenvalue weighted by Gasteiger charge is -2.44. The monoisotopic (exact) mass is 440 g/mol. The summed E-state index contributed by atoms with van der Waals surface area (Å²) < 4.78 is 1.92. The van der Waals surface area contributed by atoms with Crippen molar-refractivity contribution < 1.29 is 9.59 Å². The van der Waals surface area contributed by atoms with Gasteiger partial charge in [-0.15, -0.1) is 21.8 Å². The molecule has 1 fully saturated rings. The van der Waals surface area contributed by atoms with Crippen molar-refractivity contribution in [2.24, 2.45) is 7.05 Å². The molecular weight excluding hydrogens is 423 g/mol. The van der Waals surface area contributed by atoms with E-state index in [0.29, 0.717) is 29.0 Å². The fourth-order valence-electron chi connectivity index (χ4n) is 4.59. The van der Waals surface area contributed by atoms with E-state index in [1.54, 1.807) is 23.4 Å². The molecule has 2 aliphatic rings. The maximum atomic E-state index is 13.1. The van der Waals surface area contributed by atoms with E-state index in [1.165, 1.54) is 0 Å². The second-order valence-electron chi connectivity index (χ2n) is 7.94. The summed E-state index contributed by atoms with van der Waals surface area (Å²) in [5.41, 5.74) is 3.11. The van der Waals surface area contributed by atoms with Gasteiger partial charge >= 0.3 is 0 Å². The Morgan fingerprint density at radius 2 is 2.03 bits per heavy atom. The number of benzene rings is 2. The molecule has 0 bridgehead atoms. The number of halogens is 2. The van der Waals surface area contributed by atoms with E-state index in [1.807, 2.05) is 35.9 Å². The topological polar surface area (TPSA) is 68.1 Å². The van der Waals surface area contributed by atoms with Crippen molar-refractivity contribution in [2.75, 3.05) is 4.90 Å². The second kappa shape index (κ2) is 6.93. The Balaban J connectivity index is 1.55. The third-order valence-electron chi connectivity index (χ3n) is 6.14. The van der Waals surface area contributed by atoms with Gasteiger partial charge in [0.1, 0.15) is 18.4 Å². The Hall–Kier alpha value is -2.70. The minimum absolute atomic E-state index is 0.0728. The molecule has 5 rings (SSSR count). The summed E-state index contributed by atoms with van der Waals surface area (Å²) in [5, 5.41) is 8.90. The lowest BCUT2D eigenvalue weighted by Crippen LogP contribution is -2.45. The van der Waals surface area contributed by atoms with Gasteiger partial charge in [0.25, 0.3) is 5.91 Å². The summed E-state index contributed by atoms with van der Waals surface area (Å²) in [6, 6.07) is 11.1. The molecule has 0 unspecified atom stereocenters. The molecule has 1 aromatic heterocycles. The SMILES string of the molecule is Cn1cnnc1C1(c2cccc(N3Cc4c(Cl)cc(C=O)cc4C3=O)c2)CC(Cl)C1. The first-order valence-electron chi connectivity index (χ1n) is 9.61. The van der Waals surface area contributed by atoms with Crippen LogP contribution in [0.1, 0.15) is 50.5 Å². The molecule has 8 heteroatoms. The molecule has 3 aromatic rings. The zero-order valence-electron chi connectivity index (χ0n) is 16.2. The fourth-order valence-corrected chi connectivity index (χ4v) is 5.41. The number of fused-ring (bicyclic) bond motifs is 1. The Labute approximate surface area is 183 Å². The van der Waals surface area contributed by atoms with Gasteiger partial charge in [-0.25, -0.2) is 0 Å². The molecule has 30 heavy (non-hydrogen) atoms. The van der Waals surface area contributed by atoms with Gasteiger partial charge in [0.05, 0.1) is 12.0 Å². The standard InChI is InChI=1S/C22H18Cl2N4O2/c1-27-12-25-26-21(27)22(8-15(23)9-22)14-3-2-4-16(7-14)28-10-18-17(20(28)30)5-13(11-29)6-19(18)24/h2-7,11-12,15H,8-10H2,1H3. The molecule has 1 aliphatic carbocycles. The van der Waals surface area contributed by atoms with Crippen LogP contribution in [0.25, 0.3) is 0 Å². The highest BCUT2D eigenvalue weighted by Gasteiger charge is 2.49. The highest BCUT2D eigenvalue weighted by Crippen LogP contribution is 2.51. The summed E-state index contributed by atoms with van der Waals surface area (Å²) in [4.78, 5) is 26.0. The number of aldehydes is 1. The van der Waals surface area contributed by atoms with E-state index in [2.05, 4.69) is 10.2 Å². The molecule has 1 aliphatic heterocycles. The van der Waals surface area contributed by atoms with Crippen LogP contribution < -0.4 is 4.90 Å². The van der Waals surface area contributed by atoms with Crippen LogP contribution in [0, 0.1) is 0 Å². The fraction of sp³-hybridized carbons (Fsp3) is 0.273. The van der Waals surface area contributed by atoms with Crippen molar-refractivity contribution in [3.05, 3.63) is 75.8 Å². The van der Waals surface area contributed by atoms with Crippen molar-refractivity contribution >= 4 is 41.1 Å². The maximum absolute atomic E-state index is 13.1. The number of carbonyl (C=O) groups excluding carboxylic acids is 2. The van der Waals surface area contributed by atoms with E-state index in [-0.39, 0.29) is 16.7 Å². The van der Waals surface area contributed by atoms with E-state index in [9.17, 15) is 9.59 Å². The van der Waals surface area contributed by atoms with Gasteiger partial charge in [0.15, 0.2) is 0 Å². The summed E-state index contributed by atoms with van der Waals surface area (Å²) >= 11 is 12.7. The van der Waals surface area contributed by atoms with E-state index < -0.39 is 0 Å². The molecule has 6 nitrogen and oxygen atoms in total. The van der Waals surface area contributed by atoms with Crippen molar-refractivity contribution in [1.82, 2.24) is 14.8 Å². The summed E-state index contributed by atoms with van der Waals surface area (Å²) in [6.07, 6.45) is 3.91. The number of rotatable bonds is 4. The van der Waals surface area contributed by atoms with E-state index >= 15 is 0 Å². The van der Waals surface area contributed by atoms with Crippen molar-refractivity contribution in [3.8, 4) is 0 Å². The molecule has 0 N–H and O–H groups in total. The number of anilines is 1. The summed E-state index contributed by atoms with van der Waals surface area (Å²) in [7, 11) is 1.93. The first-order valence-corrected chi connectivity index (χ1v) is 10.4.